The molecule has 1 aromatic heterocycles. The van der Waals surface area contributed by atoms with Gasteiger partial charge in [0, 0.05) is 16.2 Å². The van der Waals surface area contributed by atoms with Crippen LogP contribution in [0, 0.1) is 0 Å². The molecule has 0 bridgehead atoms. The first kappa shape index (κ1) is 14.5. The van der Waals surface area contributed by atoms with E-state index in [9.17, 15) is 4.79 Å². The van der Waals surface area contributed by atoms with Crippen molar-refractivity contribution in [1.29, 1.82) is 0 Å². The predicted octanol–water partition coefficient (Wildman–Crippen LogP) is 3.88. The van der Waals surface area contributed by atoms with E-state index in [2.05, 4.69) is 26.2 Å². The van der Waals surface area contributed by atoms with Crippen LogP contribution in [0.2, 0.25) is 0 Å². The van der Waals surface area contributed by atoms with E-state index in [0.717, 1.165) is 4.47 Å². The Morgan fingerprint density at radius 3 is 2.60 bits per heavy atom. The average Bonchev–Trinajstić information content (AvgIpc) is 2.41. The summed E-state index contributed by atoms with van der Waals surface area (Å²) < 4.78 is 6.50. The molecule has 0 atom stereocenters. The Kier molecular flexibility index (Phi) is 4.74. The van der Waals surface area contributed by atoms with Crippen LogP contribution < -0.4 is 10.1 Å². The molecule has 1 aromatic carbocycles. The van der Waals surface area contributed by atoms with Gasteiger partial charge in [-0.1, -0.05) is 15.9 Å². The van der Waals surface area contributed by atoms with Gasteiger partial charge < -0.3 is 10.1 Å². The fourth-order valence-electron chi connectivity index (χ4n) is 1.60. The second-order valence-electron chi connectivity index (χ2n) is 4.48. The number of benzene rings is 1. The summed E-state index contributed by atoms with van der Waals surface area (Å²) in [7, 11) is 0. The second kappa shape index (κ2) is 6.52. The van der Waals surface area contributed by atoms with Crippen LogP contribution in [0.4, 0.5) is 5.69 Å². The topological polar surface area (TPSA) is 51.2 Å². The van der Waals surface area contributed by atoms with Gasteiger partial charge in [0.2, 0.25) is 5.88 Å². The van der Waals surface area contributed by atoms with Crippen molar-refractivity contribution in [2.45, 2.75) is 20.0 Å². The van der Waals surface area contributed by atoms with Gasteiger partial charge >= 0.3 is 0 Å². The van der Waals surface area contributed by atoms with E-state index in [1.165, 1.54) is 0 Å². The fraction of sp³-hybridized carbons (Fsp3) is 0.200. The van der Waals surface area contributed by atoms with Crippen LogP contribution in [-0.4, -0.2) is 17.0 Å². The Labute approximate surface area is 126 Å². The fourth-order valence-corrected chi connectivity index (χ4v) is 1.86. The number of ether oxygens (including phenoxy) is 1. The first-order valence-electron chi connectivity index (χ1n) is 6.25. The molecule has 4 nitrogen and oxygen atoms in total. The highest BCUT2D eigenvalue weighted by Gasteiger charge is 2.11. The highest BCUT2D eigenvalue weighted by atomic mass is 79.9. The maximum absolute atomic E-state index is 12.2. The molecule has 0 unspecified atom stereocenters. The summed E-state index contributed by atoms with van der Waals surface area (Å²) in [6, 6.07) is 10.7. The molecule has 104 valence electrons. The van der Waals surface area contributed by atoms with Gasteiger partial charge in [-0.3, -0.25) is 4.79 Å². The molecular formula is C15H15BrN2O2. The quantitative estimate of drug-likeness (QED) is 0.922. The van der Waals surface area contributed by atoms with Gasteiger partial charge in [0.05, 0.1) is 6.10 Å². The van der Waals surface area contributed by atoms with Crippen molar-refractivity contribution in [3.8, 4) is 5.88 Å². The van der Waals surface area contributed by atoms with Gasteiger partial charge in [0.15, 0.2) is 0 Å². The third-order valence-electron chi connectivity index (χ3n) is 2.47. The number of aromatic nitrogens is 1. The third kappa shape index (κ3) is 3.81. The van der Waals surface area contributed by atoms with Crippen LogP contribution in [0.25, 0.3) is 0 Å². The van der Waals surface area contributed by atoms with Crippen LogP contribution in [0.1, 0.15) is 24.2 Å². The molecule has 2 rings (SSSR count). The largest absolute Gasteiger partial charge is 0.473 e. The second-order valence-corrected chi connectivity index (χ2v) is 5.40. The molecule has 0 spiro atoms. The summed E-state index contributed by atoms with van der Waals surface area (Å²) in [4.78, 5) is 16.3. The van der Waals surface area contributed by atoms with Gasteiger partial charge in [-0.05, 0) is 50.2 Å². The average molecular weight is 335 g/mol. The zero-order valence-electron chi connectivity index (χ0n) is 11.3. The van der Waals surface area contributed by atoms with Gasteiger partial charge in [-0.25, -0.2) is 4.98 Å². The van der Waals surface area contributed by atoms with E-state index in [-0.39, 0.29) is 12.0 Å². The monoisotopic (exact) mass is 334 g/mol. The molecule has 0 saturated carbocycles. The maximum atomic E-state index is 12.2. The van der Waals surface area contributed by atoms with E-state index in [1.807, 2.05) is 26.0 Å². The van der Waals surface area contributed by atoms with Crippen molar-refractivity contribution >= 4 is 27.5 Å². The number of rotatable bonds is 4. The standard InChI is InChI=1S/C15H15BrN2O2/c1-10(2)20-15-13(4-3-9-17-15)18-14(19)11-5-7-12(16)8-6-11/h3-10H,1-2H3,(H,18,19). The summed E-state index contributed by atoms with van der Waals surface area (Å²) >= 11 is 3.34. The lowest BCUT2D eigenvalue weighted by atomic mass is 10.2. The van der Waals surface area contributed by atoms with Crippen LogP contribution in [0.3, 0.4) is 0 Å². The number of hydrogen-bond donors (Lipinski definition) is 1. The first-order chi connectivity index (χ1) is 9.56. The molecule has 0 fully saturated rings. The van der Waals surface area contributed by atoms with Gasteiger partial charge in [0.1, 0.15) is 5.69 Å². The minimum Gasteiger partial charge on any atom is -0.473 e. The Hall–Kier alpha value is -1.88. The van der Waals surface area contributed by atoms with Crippen molar-refractivity contribution in [1.82, 2.24) is 4.98 Å². The molecule has 0 saturated heterocycles. The van der Waals surface area contributed by atoms with E-state index >= 15 is 0 Å². The number of anilines is 1. The van der Waals surface area contributed by atoms with Crippen molar-refractivity contribution in [2.75, 3.05) is 5.32 Å². The third-order valence-corrected chi connectivity index (χ3v) is 3.00. The van der Waals surface area contributed by atoms with Crippen molar-refractivity contribution in [3.63, 3.8) is 0 Å². The SMILES string of the molecule is CC(C)Oc1ncccc1NC(=O)c1ccc(Br)cc1. The normalized spacial score (nSPS) is 10.4. The molecule has 0 aliphatic rings. The van der Waals surface area contributed by atoms with E-state index in [1.54, 1.807) is 30.5 Å². The Bertz CT molecular complexity index is 597. The van der Waals surface area contributed by atoms with Crippen LogP contribution >= 0.6 is 15.9 Å². The smallest absolute Gasteiger partial charge is 0.255 e. The van der Waals surface area contributed by atoms with Crippen molar-refractivity contribution in [3.05, 3.63) is 52.6 Å². The summed E-state index contributed by atoms with van der Waals surface area (Å²) in [6.45, 7) is 3.82. The molecule has 2 aromatic rings. The Morgan fingerprint density at radius 1 is 1.25 bits per heavy atom. The highest BCUT2D eigenvalue weighted by molar-refractivity contribution is 9.10. The maximum Gasteiger partial charge on any atom is 0.255 e. The summed E-state index contributed by atoms with van der Waals surface area (Å²) in [5, 5.41) is 2.81. The van der Waals surface area contributed by atoms with Crippen LogP contribution in [0.5, 0.6) is 5.88 Å². The van der Waals surface area contributed by atoms with Gasteiger partial charge in [-0.2, -0.15) is 0 Å². The van der Waals surface area contributed by atoms with Crippen molar-refractivity contribution < 1.29 is 9.53 Å². The summed E-state index contributed by atoms with van der Waals surface area (Å²) in [5.74, 6) is 0.229. The minimum atomic E-state index is -0.195. The first-order valence-corrected chi connectivity index (χ1v) is 7.04. The molecule has 20 heavy (non-hydrogen) atoms. The number of nitrogens with zero attached hydrogens (tertiary/aromatic N) is 1. The van der Waals surface area contributed by atoms with Gasteiger partial charge in [-0.15, -0.1) is 0 Å². The van der Waals surface area contributed by atoms with Crippen molar-refractivity contribution in [2.24, 2.45) is 0 Å². The Balaban J connectivity index is 2.17. The summed E-state index contributed by atoms with van der Waals surface area (Å²) in [6.07, 6.45) is 1.63. The number of hydrogen-bond acceptors (Lipinski definition) is 3. The molecule has 5 heteroatoms. The summed E-state index contributed by atoms with van der Waals surface area (Å²) in [5.41, 5.74) is 1.14. The molecule has 0 aliphatic carbocycles. The molecular weight excluding hydrogens is 320 g/mol. The van der Waals surface area contributed by atoms with Gasteiger partial charge in [0.25, 0.3) is 5.91 Å². The molecule has 0 radical (unpaired) electrons. The lowest BCUT2D eigenvalue weighted by Gasteiger charge is -2.13. The van der Waals surface area contributed by atoms with Crippen LogP contribution in [0.15, 0.2) is 47.1 Å². The predicted molar refractivity (Wildman–Crippen MR) is 82.1 cm³/mol. The lowest BCUT2D eigenvalue weighted by Crippen LogP contribution is -2.15. The number of carbonyl (C=O) groups excluding carboxylic acids is 1. The van der Waals surface area contributed by atoms with E-state index in [0.29, 0.717) is 17.1 Å². The minimum absolute atomic E-state index is 0.00627. The number of carbonyl (C=O) groups is 1. The number of amides is 1. The van der Waals surface area contributed by atoms with E-state index in [4.69, 9.17) is 4.74 Å². The number of pyridine rings is 1. The van der Waals surface area contributed by atoms with Crippen LogP contribution in [-0.2, 0) is 0 Å². The highest BCUT2D eigenvalue weighted by Crippen LogP contribution is 2.22. The molecule has 1 amide bonds. The number of nitrogens with one attached hydrogen (secondary N) is 1. The zero-order chi connectivity index (χ0) is 14.5. The van der Waals surface area contributed by atoms with E-state index < -0.39 is 0 Å². The molecule has 1 heterocycles. The lowest BCUT2D eigenvalue weighted by molar-refractivity contribution is 0.102. The molecule has 1 N–H and O–H groups in total. The Morgan fingerprint density at radius 2 is 1.95 bits per heavy atom. The zero-order valence-corrected chi connectivity index (χ0v) is 12.8. The number of halogens is 1. The molecule has 0 aliphatic heterocycles.